The van der Waals surface area contributed by atoms with Crippen molar-refractivity contribution < 1.29 is 19.1 Å². The SMILES string of the molecule is C=CCN(C(=O)Cc1cccs1)[C@@H](C(=O)NCc1ccc(OC)cc1)c1cccc(OC)c1. The molecular weight excluding hydrogens is 436 g/mol. The molecule has 0 unspecified atom stereocenters. The first-order chi connectivity index (χ1) is 16.0. The van der Waals surface area contributed by atoms with Crippen LogP contribution in [0.2, 0.25) is 0 Å². The molecule has 0 aliphatic rings. The highest BCUT2D eigenvalue weighted by molar-refractivity contribution is 7.10. The van der Waals surface area contributed by atoms with E-state index >= 15 is 0 Å². The molecule has 2 aromatic carbocycles. The summed E-state index contributed by atoms with van der Waals surface area (Å²) in [5.74, 6) is 0.936. The third kappa shape index (κ3) is 6.46. The highest BCUT2D eigenvalue weighted by Gasteiger charge is 2.31. The molecule has 0 aliphatic heterocycles. The minimum Gasteiger partial charge on any atom is -0.497 e. The first-order valence-electron chi connectivity index (χ1n) is 10.5. The summed E-state index contributed by atoms with van der Waals surface area (Å²) in [4.78, 5) is 29.2. The average molecular weight is 465 g/mol. The van der Waals surface area contributed by atoms with Gasteiger partial charge in [-0.1, -0.05) is 36.4 Å². The predicted molar refractivity (Wildman–Crippen MR) is 131 cm³/mol. The molecule has 0 bridgehead atoms. The van der Waals surface area contributed by atoms with Crippen LogP contribution in [0.5, 0.6) is 11.5 Å². The normalized spacial score (nSPS) is 11.3. The summed E-state index contributed by atoms with van der Waals surface area (Å²) in [6.45, 7) is 4.36. The van der Waals surface area contributed by atoms with Gasteiger partial charge in [-0.2, -0.15) is 0 Å². The zero-order valence-corrected chi connectivity index (χ0v) is 19.6. The van der Waals surface area contributed by atoms with Gasteiger partial charge in [-0.15, -0.1) is 17.9 Å². The Hall–Kier alpha value is -3.58. The number of nitrogens with one attached hydrogen (secondary N) is 1. The Morgan fingerprint density at radius 3 is 2.45 bits per heavy atom. The van der Waals surface area contributed by atoms with E-state index in [1.807, 2.05) is 53.9 Å². The zero-order valence-electron chi connectivity index (χ0n) is 18.8. The lowest BCUT2D eigenvalue weighted by molar-refractivity contribution is -0.139. The third-order valence-corrected chi connectivity index (χ3v) is 6.02. The second-order valence-electron chi connectivity index (χ2n) is 7.34. The summed E-state index contributed by atoms with van der Waals surface area (Å²) in [5.41, 5.74) is 1.59. The highest BCUT2D eigenvalue weighted by atomic mass is 32.1. The molecule has 0 saturated heterocycles. The lowest BCUT2D eigenvalue weighted by Gasteiger charge is -2.30. The van der Waals surface area contributed by atoms with Crippen molar-refractivity contribution in [2.45, 2.75) is 19.0 Å². The molecule has 3 aromatic rings. The standard InChI is InChI=1S/C26H28N2O4S/c1-4-14-28(24(29)17-23-9-6-15-33-23)25(20-7-5-8-22(16-20)32-3)26(30)27-18-19-10-12-21(31-2)13-11-19/h4-13,15-16,25H,1,14,17-18H2,2-3H3,(H,27,30)/t25-/m1/s1. The van der Waals surface area contributed by atoms with Crippen molar-refractivity contribution in [3.05, 3.63) is 94.7 Å². The monoisotopic (exact) mass is 464 g/mol. The zero-order chi connectivity index (χ0) is 23.6. The Labute approximate surface area is 198 Å². The summed E-state index contributed by atoms with van der Waals surface area (Å²) in [6, 6.07) is 17.7. The van der Waals surface area contributed by atoms with Gasteiger partial charge in [0.25, 0.3) is 0 Å². The lowest BCUT2D eigenvalue weighted by Crippen LogP contribution is -2.44. The number of hydrogen-bond donors (Lipinski definition) is 1. The molecule has 6 nitrogen and oxygen atoms in total. The molecule has 33 heavy (non-hydrogen) atoms. The van der Waals surface area contributed by atoms with Crippen molar-refractivity contribution in [1.29, 1.82) is 0 Å². The molecule has 1 N–H and O–H groups in total. The van der Waals surface area contributed by atoms with Crippen molar-refractivity contribution in [3.8, 4) is 11.5 Å². The number of thiophene rings is 1. The van der Waals surface area contributed by atoms with E-state index in [1.54, 1.807) is 37.3 Å². The summed E-state index contributed by atoms with van der Waals surface area (Å²) in [6.07, 6.45) is 1.86. The van der Waals surface area contributed by atoms with Gasteiger partial charge >= 0.3 is 0 Å². The lowest BCUT2D eigenvalue weighted by atomic mass is 10.0. The van der Waals surface area contributed by atoms with E-state index in [9.17, 15) is 9.59 Å². The molecule has 0 saturated carbocycles. The molecular formula is C26H28N2O4S. The van der Waals surface area contributed by atoms with Crippen molar-refractivity contribution in [1.82, 2.24) is 10.2 Å². The Morgan fingerprint density at radius 2 is 1.82 bits per heavy atom. The maximum atomic E-state index is 13.5. The molecule has 0 aliphatic carbocycles. The molecule has 1 atom stereocenters. The van der Waals surface area contributed by atoms with E-state index in [1.165, 1.54) is 11.3 Å². The fraction of sp³-hybridized carbons (Fsp3) is 0.231. The number of benzene rings is 2. The maximum absolute atomic E-state index is 13.5. The van der Waals surface area contributed by atoms with Gasteiger partial charge < -0.3 is 19.7 Å². The van der Waals surface area contributed by atoms with Crippen LogP contribution in [-0.2, 0) is 22.6 Å². The minimum absolute atomic E-state index is 0.148. The second-order valence-corrected chi connectivity index (χ2v) is 8.37. The van der Waals surface area contributed by atoms with Gasteiger partial charge in [0.15, 0.2) is 0 Å². The molecule has 0 fully saturated rings. The molecule has 0 spiro atoms. The van der Waals surface area contributed by atoms with E-state index in [4.69, 9.17) is 9.47 Å². The van der Waals surface area contributed by atoms with E-state index in [2.05, 4.69) is 11.9 Å². The van der Waals surface area contributed by atoms with Gasteiger partial charge in [-0.3, -0.25) is 9.59 Å². The van der Waals surface area contributed by atoms with Crippen molar-refractivity contribution in [3.63, 3.8) is 0 Å². The van der Waals surface area contributed by atoms with Crippen LogP contribution in [-0.4, -0.2) is 37.5 Å². The predicted octanol–water partition coefficient (Wildman–Crippen LogP) is 4.38. The minimum atomic E-state index is -0.830. The van der Waals surface area contributed by atoms with Gasteiger partial charge in [0.2, 0.25) is 11.8 Å². The number of nitrogens with zero attached hydrogens (tertiary/aromatic N) is 1. The molecule has 172 valence electrons. The van der Waals surface area contributed by atoms with E-state index in [-0.39, 0.29) is 24.8 Å². The van der Waals surface area contributed by atoms with E-state index in [0.717, 1.165) is 16.2 Å². The van der Waals surface area contributed by atoms with Crippen molar-refractivity contribution >= 4 is 23.2 Å². The van der Waals surface area contributed by atoms with Crippen LogP contribution < -0.4 is 14.8 Å². The molecule has 1 aromatic heterocycles. The smallest absolute Gasteiger partial charge is 0.247 e. The molecule has 2 amide bonds. The number of rotatable bonds is 11. The van der Waals surface area contributed by atoms with E-state index in [0.29, 0.717) is 17.9 Å². The number of carbonyl (C=O) groups excluding carboxylic acids is 2. The van der Waals surface area contributed by atoms with Gasteiger partial charge in [-0.05, 0) is 46.8 Å². The Balaban J connectivity index is 1.87. The molecule has 3 rings (SSSR count). The van der Waals surface area contributed by atoms with Gasteiger partial charge in [0, 0.05) is 18.0 Å². The summed E-state index contributed by atoms with van der Waals surface area (Å²) in [5, 5.41) is 4.91. The summed E-state index contributed by atoms with van der Waals surface area (Å²) in [7, 11) is 3.18. The van der Waals surface area contributed by atoms with Crippen LogP contribution in [0.3, 0.4) is 0 Å². The highest BCUT2D eigenvalue weighted by Crippen LogP contribution is 2.26. The van der Waals surface area contributed by atoms with Crippen molar-refractivity contribution in [2.24, 2.45) is 0 Å². The van der Waals surface area contributed by atoms with Crippen LogP contribution in [0.25, 0.3) is 0 Å². The fourth-order valence-corrected chi connectivity index (χ4v) is 4.16. The first-order valence-corrected chi connectivity index (χ1v) is 11.4. The van der Waals surface area contributed by atoms with Gasteiger partial charge in [0.05, 0.1) is 20.6 Å². The number of hydrogen-bond acceptors (Lipinski definition) is 5. The quantitative estimate of drug-likeness (QED) is 0.428. The Bertz CT molecular complexity index is 1060. The fourth-order valence-electron chi connectivity index (χ4n) is 3.47. The average Bonchev–Trinajstić information content (AvgIpc) is 3.36. The number of amides is 2. The molecule has 1 heterocycles. The van der Waals surface area contributed by atoms with Crippen LogP contribution in [0.1, 0.15) is 22.0 Å². The summed E-state index contributed by atoms with van der Waals surface area (Å²) < 4.78 is 10.5. The second kappa shape index (κ2) is 11.9. The number of carbonyl (C=O) groups is 2. The molecule has 0 radical (unpaired) electrons. The topological polar surface area (TPSA) is 67.9 Å². The summed E-state index contributed by atoms with van der Waals surface area (Å²) >= 11 is 1.52. The Kier molecular flexibility index (Phi) is 8.66. The first kappa shape index (κ1) is 24.1. The third-order valence-electron chi connectivity index (χ3n) is 5.15. The van der Waals surface area contributed by atoms with E-state index < -0.39 is 6.04 Å². The van der Waals surface area contributed by atoms with Gasteiger partial charge in [0.1, 0.15) is 17.5 Å². The van der Waals surface area contributed by atoms with Crippen LogP contribution in [0.4, 0.5) is 0 Å². The van der Waals surface area contributed by atoms with Crippen molar-refractivity contribution in [2.75, 3.05) is 20.8 Å². The number of methoxy groups -OCH3 is 2. The van der Waals surface area contributed by atoms with Gasteiger partial charge in [-0.25, -0.2) is 0 Å². The maximum Gasteiger partial charge on any atom is 0.247 e. The Morgan fingerprint density at radius 1 is 1.06 bits per heavy atom. The van der Waals surface area contributed by atoms with Crippen LogP contribution in [0.15, 0.2) is 78.7 Å². The van der Waals surface area contributed by atoms with Crippen LogP contribution in [0, 0.1) is 0 Å². The molecule has 7 heteroatoms. The number of ether oxygens (including phenoxy) is 2. The largest absolute Gasteiger partial charge is 0.497 e. The van der Waals surface area contributed by atoms with Crippen LogP contribution >= 0.6 is 11.3 Å².